The molecule has 0 fully saturated rings. The smallest absolute Gasteiger partial charge is 0.0995 e. The maximum Gasteiger partial charge on any atom is 0.0995 e. The van der Waals surface area contributed by atoms with Crippen LogP contribution in [0.3, 0.4) is 0 Å². The van der Waals surface area contributed by atoms with Crippen molar-refractivity contribution in [3.05, 3.63) is 56.3 Å². The molecule has 3 nitrogen and oxygen atoms in total. The number of nitrogens with two attached hydrogens (primary N) is 1. The Morgan fingerprint density at radius 3 is 2.60 bits per heavy atom. The van der Waals surface area contributed by atoms with E-state index in [1.807, 2.05) is 25.1 Å². The van der Waals surface area contributed by atoms with Gasteiger partial charge in [0.25, 0.3) is 0 Å². The summed E-state index contributed by atoms with van der Waals surface area (Å²) in [6.45, 7) is 2.55. The molecule has 0 unspecified atom stereocenters. The van der Waals surface area contributed by atoms with Crippen molar-refractivity contribution in [2.24, 2.45) is 5.73 Å². The monoisotopic (exact) mass is 301 g/mol. The van der Waals surface area contributed by atoms with Gasteiger partial charge in [-0.2, -0.15) is 0 Å². The molecule has 3 rings (SSSR count). The molecule has 0 aliphatic heterocycles. The molecule has 3 aromatic rings. The van der Waals surface area contributed by atoms with Crippen molar-refractivity contribution in [3.8, 4) is 11.3 Å². The molecule has 2 N–H and O–H groups in total. The zero-order valence-corrected chi connectivity index (χ0v) is 12.8. The largest absolute Gasteiger partial charge is 0.326 e. The Morgan fingerprint density at radius 1 is 1.15 bits per heavy atom. The van der Waals surface area contributed by atoms with Gasteiger partial charge in [0.1, 0.15) is 0 Å². The fraction of sp³-hybridized carbons (Fsp3) is 0.200. The van der Waals surface area contributed by atoms with E-state index in [9.17, 15) is 0 Å². The van der Waals surface area contributed by atoms with Crippen LogP contribution in [0, 0.1) is 6.92 Å². The standard InChI is InChI=1S/C15H15N3S2/c1-10-17-12(9-19-10)7-14-18-15(13(8-16)20-14)11-5-3-2-4-6-11/h2-6,9H,7-8,16H2,1H3. The third-order valence-corrected chi connectivity index (χ3v) is 4.87. The lowest BCUT2D eigenvalue weighted by Gasteiger charge is -1.98. The summed E-state index contributed by atoms with van der Waals surface area (Å²) in [5, 5.41) is 4.27. The fourth-order valence-electron chi connectivity index (χ4n) is 2.08. The molecule has 20 heavy (non-hydrogen) atoms. The highest BCUT2D eigenvalue weighted by atomic mass is 32.1. The maximum absolute atomic E-state index is 5.86. The van der Waals surface area contributed by atoms with Crippen molar-refractivity contribution in [1.29, 1.82) is 0 Å². The SMILES string of the molecule is Cc1nc(Cc2nc(-c3ccccc3)c(CN)s2)cs1. The minimum absolute atomic E-state index is 0.526. The average molecular weight is 301 g/mol. The molecule has 0 saturated heterocycles. The molecule has 0 radical (unpaired) electrons. The van der Waals surface area contributed by atoms with E-state index >= 15 is 0 Å². The van der Waals surface area contributed by atoms with Gasteiger partial charge in [0.2, 0.25) is 0 Å². The van der Waals surface area contributed by atoms with E-state index in [-0.39, 0.29) is 0 Å². The van der Waals surface area contributed by atoms with Gasteiger partial charge in [-0.3, -0.25) is 0 Å². The van der Waals surface area contributed by atoms with Crippen LogP contribution in [0.1, 0.15) is 20.6 Å². The number of rotatable bonds is 4. The zero-order valence-electron chi connectivity index (χ0n) is 11.2. The molecule has 5 heteroatoms. The lowest BCUT2D eigenvalue weighted by atomic mass is 10.1. The molecule has 1 aromatic carbocycles. The Kier molecular flexibility index (Phi) is 3.91. The summed E-state index contributed by atoms with van der Waals surface area (Å²) in [5.74, 6) is 0. The summed E-state index contributed by atoms with van der Waals surface area (Å²) < 4.78 is 0. The third kappa shape index (κ3) is 2.80. The highest BCUT2D eigenvalue weighted by molar-refractivity contribution is 7.12. The van der Waals surface area contributed by atoms with Crippen LogP contribution >= 0.6 is 22.7 Å². The predicted octanol–water partition coefficient (Wildman–Crippen LogP) is 3.62. The summed E-state index contributed by atoms with van der Waals surface area (Å²) in [7, 11) is 0. The number of hydrogen-bond acceptors (Lipinski definition) is 5. The van der Waals surface area contributed by atoms with Gasteiger partial charge < -0.3 is 5.73 Å². The molecule has 0 amide bonds. The van der Waals surface area contributed by atoms with Crippen molar-refractivity contribution in [3.63, 3.8) is 0 Å². The van der Waals surface area contributed by atoms with Crippen LogP contribution in [0.2, 0.25) is 0 Å². The summed E-state index contributed by atoms with van der Waals surface area (Å²) in [4.78, 5) is 10.4. The molecule has 0 spiro atoms. The first-order chi connectivity index (χ1) is 9.76. The van der Waals surface area contributed by atoms with Gasteiger partial charge in [-0.05, 0) is 6.92 Å². The fourth-order valence-corrected chi connectivity index (χ4v) is 3.68. The van der Waals surface area contributed by atoms with E-state index in [0.29, 0.717) is 6.54 Å². The summed E-state index contributed by atoms with van der Waals surface area (Å²) in [5.41, 5.74) is 9.09. The first-order valence-electron chi connectivity index (χ1n) is 6.41. The molecular formula is C15H15N3S2. The van der Waals surface area contributed by atoms with Gasteiger partial charge in [-0.15, -0.1) is 22.7 Å². The maximum atomic E-state index is 5.86. The highest BCUT2D eigenvalue weighted by Gasteiger charge is 2.13. The van der Waals surface area contributed by atoms with Crippen LogP contribution in [-0.2, 0) is 13.0 Å². The molecule has 102 valence electrons. The number of thiazole rings is 2. The first kappa shape index (κ1) is 13.4. The average Bonchev–Trinajstić information content (AvgIpc) is 3.06. The second kappa shape index (κ2) is 5.83. The van der Waals surface area contributed by atoms with Crippen LogP contribution in [-0.4, -0.2) is 9.97 Å². The van der Waals surface area contributed by atoms with Crippen LogP contribution < -0.4 is 5.73 Å². The van der Waals surface area contributed by atoms with Crippen molar-refractivity contribution < 1.29 is 0 Å². The third-order valence-electron chi connectivity index (χ3n) is 2.97. The summed E-state index contributed by atoms with van der Waals surface area (Å²) in [6.07, 6.45) is 0.787. The Labute approximate surface area is 126 Å². The van der Waals surface area contributed by atoms with Crippen LogP contribution in [0.25, 0.3) is 11.3 Å². The highest BCUT2D eigenvalue weighted by Crippen LogP contribution is 2.29. The normalized spacial score (nSPS) is 10.9. The second-order valence-electron chi connectivity index (χ2n) is 4.48. The quantitative estimate of drug-likeness (QED) is 0.800. The predicted molar refractivity (Wildman–Crippen MR) is 85.1 cm³/mol. The summed E-state index contributed by atoms with van der Waals surface area (Å²) >= 11 is 3.36. The van der Waals surface area contributed by atoms with Gasteiger partial charge in [-0.25, -0.2) is 9.97 Å². The van der Waals surface area contributed by atoms with Gasteiger partial charge in [0.05, 0.1) is 21.4 Å². The van der Waals surface area contributed by atoms with Crippen LogP contribution in [0.15, 0.2) is 35.7 Å². The van der Waals surface area contributed by atoms with Gasteiger partial charge in [-0.1, -0.05) is 30.3 Å². The van der Waals surface area contributed by atoms with E-state index in [4.69, 9.17) is 10.7 Å². The Morgan fingerprint density at radius 2 is 1.95 bits per heavy atom. The first-order valence-corrected chi connectivity index (χ1v) is 8.11. The number of hydrogen-bond donors (Lipinski definition) is 1. The molecule has 0 aliphatic rings. The van der Waals surface area contributed by atoms with Crippen molar-refractivity contribution >= 4 is 22.7 Å². The molecule has 2 aromatic heterocycles. The molecule has 0 saturated carbocycles. The van der Waals surface area contributed by atoms with Crippen molar-refractivity contribution in [2.45, 2.75) is 19.9 Å². The van der Waals surface area contributed by atoms with E-state index in [0.717, 1.165) is 38.3 Å². The lowest BCUT2D eigenvalue weighted by Crippen LogP contribution is -1.95. The van der Waals surface area contributed by atoms with Crippen LogP contribution in [0.5, 0.6) is 0 Å². The van der Waals surface area contributed by atoms with E-state index in [1.165, 1.54) is 0 Å². The number of aryl methyl sites for hydroxylation is 1. The molecule has 0 atom stereocenters. The van der Waals surface area contributed by atoms with Crippen molar-refractivity contribution in [2.75, 3.05) is 0 Å². The van der Waals surface area contributed by atoms with Crippen molar-refractivity contribution in [1.82, 2.24) is 9.97 Å². The van der Waals surface area contributed by atoms with Gasteiger partial charge >= 0.3 is 0 Å². The molecular weight excluding hydrogens is 286 g/mol. The summed E-state index contributed by atoms with van der Waals surface area (Å²) in [6, 6.07) is 10.2. The lowest BCUT2D eigenvalue weighted by molar-refractivity contribution is 1.05. The van der Waals surface area contributed by atoms with Crippen LogP contribution in [0.4, 0.5) is 0 Å². The number of aromatic nitrogens is 2. The molecule has 2 heterocycles. The zero-order chi connectivity index (χ0) is 13.9. The van der Waals surface area contributed by atoms with E-state index in [2.05, 4.69) is 22.5 Å². The Balaban J connectivity index is 1.92. The number of benzene rings is 1. The Bertz CT molecular complexity index is 701. The van der Waals surface area contributed by atoms with E-state index in [1.54, 1.807) is 22.7 Å². The van der Waals surface area contributed by atoms with E-state index < -0.39 is 0 Å². The van der Waals surface area contributed by atoms with Gasteiger partial charge in [0.15, 0.2) is 0 Å². The topological polar surface area (TPSA) is 51.8 Å². The minimum atomic E-state index is 0.526. The Hall–Kier alpha value is -1.56. The number of nitrogens with zero attached hydrogens (tertiary/aromatic N) is 2. The molecule has 0 bridgehead atoms. The minimum Gasteiger partial charge on any atom is -0.326 e. The van der Waals surface area contributed by atoms with Gasteiger partial charge in [0, 0.05) is 28.8 Å². The molecule has 0 aliphatic carbocycles. The second-order valence-corrected chi connectivity index (χ2v) is 6.71.